The summed E-state index contributed by atoms with van der Waals surface area (Å²) in [7, 11) is 0. The highest BCUT2D eigenvalue weighted by Gasteiger charge is 2.26. The molecule has 2 rings (SSSR count). The van der Waals surface area contributed by atoms with E-state index in [2.05, 4.69) is 17.2 Å². The molecule has 4 heteroatoms. The van der Waals surface area contributed by atoms with Gasteiger partial charge >= 0.3 is 0 Å². The van der Waals surface area contributed by atoms with E-state index in [1.807, 2.05) is 30.9 Å². The van der Waals surface area contributed by atoms with Gasteiger partial charge in [0.1, 0.15) is 5.82 Å². The number of nitrogens with zero attached hydrogens (tertiary/aromatic N) is 2. The first kappa shape index (κ1) is 14.8. The highest BCUT2D eigenvalue weighted by molar-refractivity contribution is 5.95. The van der Waals surface area contributed by atoms with E-state index >= 15 is 0 Å². The molecule has 1 atom stereocenters. The normalized spacial score (nSPS) is 18.4. The van der Waals surface area contributed by atoms with Crippen LogP contribution in [0.3, 0.4) is 0 Å². The number of likely N-dealkylation sites (tertiary alicyclic amines) is 1. The zero-order valence-corrected chi connectivity index (χ0v) is 12.8. The SMILES string of the molecule is CCCC1CCN(C(=O)c2cc(C)nc(NCC)c2)C1. The number of hydrogen-bond donors (Lipinski definition) is 1. The molecule has 1 N–H and O–H groups in total. The van der Waals surface area contributed by atoms with E-state index in [1.54, 1.807) is 0 Å². The fourth-order valence-corrected chi connectivity index (χ4v) is 2.91. The Morgan fingerprint density at radius 3 is 2.95 bits per heavy atom. The fourth-order valence-electron chi connectivity index (χ4n) is 2.91. The number of pyridine rings is 1. The Balaban J connectivity index is 2.09. The van der Waals surface area contributed by atoms with E-state index < -0.39 is 0 Å². The van der Waals surface area contributed by atoms with Crippen molar-refractivity contribution < 1.29 is 4.79 Å². The number of nitrogens with one attached hydrogen (secondary N) is 1. The van der Waals surface area contributed by atoms with Crippen LogP contribution >= 0.6 is 0 Å². The van der Waals surface area contributed by atoms with Crippen molar-refractivity contribution in [2.45, 2.75) is 40.0 Å². The minimum atomic E-state index is 0.147. The van der Waals surface area contributed by atoms with E-state index in [9.17, 15) is 4.79 Å². The van der Waals surface area contributed by atoms with E-state index in [4.69, 9.17) is 0 Å². The molecule has 0 aromatic carbocycles. The molecule has 0 bridgehead atoms. The smallest absolute Gasteiger partial charge is 0.254 e. The van der Waals surface area contributed by atoms with Crippen molar-refractivity contribution >= 4 is 11.7 Å². The minimum Gasteiger partial charge on any atom is -0.370 e. The Kier molecular flexibility index (Phi) is 4.99. The average molecular weight is 275 g/mol. The van der Waals surface area contributed by atoms with E-state index in [-0.39, 0.29) is 5.91 Å². The summed E-state index contributed by atoms with van der Waals surface area (Å²) in [4.78, 5) is 19.0. The zero-order chi connectivity index (χ0) is 14.5. The molecule has 0 spiro atoms. The second kappa shape index (κ2) is 6.73. The molecule has 110 valence electrons. The molecule has 1 aliphatic heterocycles. The van der Waals surface area contributed by atoms with Crippen molar-refractivity contribution in [3.05, 3.63) is 23.4 Å². The third kappa shape index (κ3) is 3.50. The van der Waals surface area contributed by atoms with Gasteiger partial charge in [-0.15, -0.1) is 0 Å². The number of aromatic nitrogens is 1. The van der Waals surface area contributed by atoms with Gasteiger partial charge in [-0.3, -0.25) is 4.79 Å². The second-order valence-electron chi connectivity index (χ2n) is 5.61. The van der Waals surface area contributed by atoms with Crippen LogP contribution in [-0.4, -0.2) is 35.4 Å². The van der Waals surface area contributed by atoms with Crippen molar-refractivity contribution in [3.8, 4) is 0 Å². The average Bonchev–Trinajstić information content (AvgIpc) is 2.86. The molecule has 1 unspecified atom stereocenters. The van der Waals surface area contributed by atoms with Gasteiger partial charge in [0.25, 0.3) is 5.91 Å². The van der Waals surface area contributed by atoms with Crippen LogP contribution in [0.15, 0.2) is 12.1 Å². The first-order valence-corrected chi connectivity index (χ1v) is 7.65. The van der Waals surface area contributed by atoms with Crippen LogP contribution in [0.4, 0.5) is 5.82 Å². The van der Waals surface area contributed by atoms with Gasteiger partial charge in [0.2, 0.25) is 0 Å². The quantitative estimate of drug-likeness (QED) is 0.898. The molecule has 0 aliphatic carbocycles. The van der Waals surface area contributed by atoms with Gasteiger partial charge in [-0.25, -0.2) is 4.98 Å². The standard InChI is InChI=1S/C16H25N3O/c1-4-6-13-7-8-19(11-13)16(20)14-9-12(3)18-15(10-14)17-5-2/h9-10,13H,4-8,11H2,1-3H3,(H,17,18). The van der Waals surface area contributed by atoms with Crippen LogP contribution in [0.5, 0.6) is 0 Å². The number of hydrogen-bond acceptors (Lipinski definition) is 3. The van der Waals surface area contributed by atoms with Crippen LogP contribution in [0.25, 0.3) is 0 Å². The third-order valence-corrected chi connectivity index (χ3v) is 3.83. The molecule has 4 nitrogen and oxygen atoms in total. The molecule has 0 radical (unpaired) electrons. The van der Waals surface area contributed by atoms with Crippen molar-refractivity contribution in [1.29, 1.82) is 0 Å². The van der Waals surface area contributed by atoms with E-state index in [1.165, 1.54) is 12.8 Å². The molecular weight excluding hydrogens is 250 g/mol. The second-order valence-corrected chi connectivity index (χ2v) is 5.61. The van der Waals surface area contributed by atoms with Gasteiger partial charge in [0.15, 0.2) is 0 Å². The van der Waals surface area contributed by atoms with Crippen molar-refractivity contribution in [2.24, 2.45) is 5.92 Å². The Hall–Kier alpha value is -1.58. The van der Waals surface area contributed by atoms with Gasteiger partial charge in [-0.1, -0.05) is 13.3 Å². The summed E-state index contributed by atoms with van der Waals surface area (Å²) in [6.45, 7) is 8.78. The minimum absolute atomic E-state index is 0.147. The van der Waals surface area contributed by atoms with E-state index in [0.717, 1.165) is 43.1 Å². The number of anilines is 1. The molecule has 1 amide bonds. The summed E-state index contributed by atoms with van der Waals surface area (Å²) in [6.07, 6.45) is 3.57. The monoisotopic (exact) mass is 275 g/mol. The van der Waals surface area contributed by atoms with Crippen LogP contribution in [0.2, 0.25) is 0 Å². The molecule has 20 heavy (non-hydrogen) atoms. The number of rotatable bonds is 5. The zero-order valence-electron chi connectivity index (χ0n) is 12.8. The number of amides is 1. The lowest BCUT2D eigenvalue weighted by molar-refractivity contribution is 0.0786. The highest BCUT2D eigenvalue weighted by Crippen LogP contribution is 2.23. The topological polar surface area (TPSA) is 45.2 Å². The lowest BCUT2D eigenvalue weighted by atomic mass is 10.0. The summed E-state index contributed by atoms with van der Waals surface area (Å²) in [6, 6.07) is 3.75. The molecule has 1 fully saturated rings. The predicted molar refractivity (Wildman–Crippen MR) is 82.1 cm³/mol. The largest absolute Gasteiger partial charge is 0.370 e. The van der Waals surface area contributed by atoms with Crippen molar-refractivity contribution in [1.82, 2.24) is 9.88 Å². The maximum Gasteiger partial charge on any atom is 0.254 e. The first-order valence-electron chi connectivity index (χ1n) is 7.65. The number of aryl methyl sites for hydroxylation is 1. The van der Waals surface area contributed by atoms with Crippen molar-refractivity contribution in [3.63, 3.8) is 0 Å². The van der Waals surface area contributed by atoms with Gasteiger partial charge in [0.05, 0.1) is 0 Å². The van der Waals surface area contributed by atoms with Crippen LogP contribution in [0, 0.1) is 12.8 Å². The third-order valence-electron chi connectivity index (χ3n) is 3.83. The van der Waals surface area contributed by atoms with Gasteiger partial charge in [0, 0.05) is 30.9 Å². The Bertz CT molecular complexity index is 473. The van der Waals surface area contributed by atoms with Crippen molar-refractivity contribution in [2.75, 3.05) is 25.0 Å². The molecule has 2 heterocycles. The van der Waals surface area contributed by atoms with Gasteiger partial charge < -0.3 is 10.2 Å². The maximum absolute atomic E-state index is 12.6. The predicted octanol–water partition coefficient (Wildman–Crippen LogP) is 3.08. The number of carbonyl (C=O) groups excluding carboxylic acids is 1. The highest BCUT2D eigenvalue weighted by atomic mass is 16.2. The van der Waals surface area contributed by atoms with Crippen LogP contribution in [-0.2, 0) is 0 Å². The fraction of sp³-hybridized carbons (Fsp3) is 0.625. The summed E-state index contributed by atoms with van der Waals surface area (Å²) in [5.41, 5.74) is 1.64. The lowest BCUT2D eigenvalue weighted by Gasteiger charge is -2.17. The molecule has 1 aromatic heterocycles. The van der Waals surface area contributed by atoms with Gasteiger partial charge in [-0.05, 0) is 44.7 Å². The summed E-state index contributed by atoms with van der Waals surface area (Å²) < 4.78 is 0. The molecular formula is C16H25N3O. The Morgan fingerprint density at radius 2 is 2.25 bits per heavy atom. The Morgan fingerprint density at radius 1 is 1.45 bits per heavy atom. The summed E-state index contributed by atoms with van der Waals surface area (Å²) in [5, 5.41) is 3.18. The van der Waals surface area contributed by atoms with Crippen LogP contribution < -0.4 is 5.32 Å². The number of carbonyl (C=O) groups is 1. The molecule has 1 aromatic rings. The lowest BCUT2D eigenvalue weighted by Crippen LogP contribution is -2.29. The summed E-state index contributed by atoms with van der Waals surface area (Å²) in [5.74, 6) is 1.62. The molecule has 1 saturated heterocycles. The van der Waals surface area contributed by atoms with Crippen LogP contribution in [0.1, 0.15) is 49.2 Å². The maximum atomic E-state index is 12.6. The van der Waals surface area contributed by atoms with Gasteiger partial charge in [-0.2, -0.15) is 0 Å². The molecule has 0 saturated carbocycles. The Labute approximate surface area is 121 Å². The van der Waals surface area contributed by atoms with E-state index in [0.29, 0.717) is 5.92 Å². The summed E-state index contributed by atoms with van der Waals surface area (Å²) >= 11 is 0. The first-order chi connectivity index (χ1) is 9.63. The molecule has 1 aliphatic rings.